The summed E-state index contributed by atoms with van der Waals surface area (Å²) < 4.78 is 9.51. The highest BCUT2D eigenvalue weighted by Crippen LogP contribution is 2.16. The van der Waals surface area contributed by atoms with E-state index in [2.05, 4.69) is 26.5 Å². The Morgan fingerprint density at radius 3 is 2.64 bits per heavy atom. The number of nitrogen functional groups attached to an aromatic ring is 1. The van der Waals surface area contributed by atoms with E-state index in [-0.39, 0.29) is 23.0 Å². The number of carbonyl (C=O) groups is 3. The topological polar surface area (TPSA) is 157 Å². The minimum absolute atomic E-state index is 0.189. The quantitative estimate of drug-likeness (QED) is 0.465. The van der Waals surface area contributed by atoms with Gasteiger partial charge in [0, 0.05) is 47.6 Å². The Hall–Kier alpha value is -4.43. The molecule has 4 rings (SSSR count). The van der Waals surface area contributed by atoms with Crippen molar-refractivity contribution in [2.45, 2.75) is 6.92 Å². The number of primary amides is 1. The van der Waals surface area contributed by atoms with Crippen molar-refractivity contribution in [2.75, 3.05) is 35.6 Å². The van der Waals surface area contributed by atoms with Crippen molar-refractivity contribution in [3.63, 3.8) is 0 Å². The van der Waals surface area contributed by atoms with Gasteiger partial charge in [-0.2, -0.15) is 4.36 Å². The van der Waals surface area contributed by atoms with Gasteiger partial charge in [0.15, 0.2) is 5.76 Å². The number of amides is 4. The average Bonchev–Trinajstić information content (AvgIpc) is 3.30. The Labute approximate surface area is 210 Å². The number of nitrogens with zero attached hydrogens (tertiary/aromatic N) is 3. The first-order valence-electron chi connectivity index (χ1n) is 11.0. The zero-order valence-electron chi connectivity index (χ0n) is 19.5. The number of pyridine rings is 1. The van der Waals surface area contributed by atoms with Gasteiger partial charge in [-0.05, 0) is 37.3 Å². The molecule has 1 aliphatic rings. The largest absolute Gasteiger partial charge is 0.459 e. The fraction of sp³-hybridized carbons (Fsp3) is 0.200. The summed E-state index contributed by atoms with van der Waals surface area (Å²) in [6, 6.07) is 9.83. The first kappa shape index (κ1) is 24.7. The van der Waals surface area contributed by atoms with Crippen LogP contribution in [0.2, 0.25) is 0 Å². The Bertz CT molecular complexity index is 1430. The molecule has 1 fully saturated rings. The van der Waals surface area contributed by atoms with Crippen molar-refractivity contribution in [2.24, 2.45) is 10.1 Å². The average molecular weight is 505 g/mol. The van der Waals surface area contributed by atoms with Crippen LogP contribution in [0, 0.1) is 18.8 Å². The number of hydrogen-bond acceptors (Lipinski definition) is 6. The molecule has 1 aromatic carbocycles. The molecule has 0 atom stereocenters. The lowest BCUT2D eigenvalue weighted by Crippen LogP contribution is -2.44. The minimum Gasteiger partial charge on any atom is -0.459 e. The molecule has 5 N–H and O–H groups in total. The Morgan fingerprint density at radius 2 is 1.94 bits per heavy atom. The predicted octanol–water partition coefficient (Wildman–Crippen LogP) is 2.55. The molecular formula is C25H24N6O4S. The zero-order valence-corrected chi connectivity index (χ0v) is 20.3. The number of urea groups is 1. The van der Waals surface area contributed by atoms with Gasteiger partial charge in [0.05, 0.1) is 17.4 Å². The van der Waals surface area contributed by atoms with E-state index < -0.39 is 22.6 Å². The molecule has 1 saturated heterocycles. The highest BCUT2D eigenvalue weighted by molar-refractivity contribution is 7.87. The summed E-state index contributed by atoms with van der Waals surface area (Å²) in [4.78, 5) is 42.0. The number of carbonyl (C=O) groups excluding carboxylic acids is 3. The molecule has 0 aliphatic carbocycles. The van der Waals surface area contributed by atoms with Crippen LogP contribution >= 0.6 is 0 Å². The Morgan fingerprint density at radius 1 is 1.17 bits per heavy atom. The van der Waals surface area contributed by atoms with Crippen LogP contribution in [-0.4, -0.2) is 52.3 Å². The number of rotatable bonds is 3. The molecule has 0 saturated carbocycles. The van der Waals surface area contributed by atoms with Gasteiger partial charge in [-0.25, -0.2) is 9.78 Å². The summed E-state index contributed by atoms with van der Waals surface area (Å²) in [5.41, 5.74) is 13.9. The SMILES string of the molecule is Cc1ccoc1C(=O)Nc1cccc(C#Cc2cc(C(=O)N=S3CCN(C(N)=O)CC3)cnc2N)c1. The van der Waals surface area contributed by atoms with Crippen LogP contribution in [0.4, 0.5) is 16.3 Å². The molecule has 0 unspecified atom stereocenters. The first-order chi connectivity index (χ1) is 17.3. The number of nitrogens with two attached hydrogens (primary N) is 2. The van der Waals surface area contributed by atoms with E-state index >= 15 is 0 Å². The second-order valence-electron chi connectivity index (χ2n) is 7.97. The van der Waals surface area contributed by atoms with Crippen molar-refractivity contribution >= 4 is 40.0 Å². The number of aromatic nitrogens is 1. The lowest BCUT2D eigenvalue weighted by molar-refractivity contribution is 0.0991. The van der Waals surface area contributed by atoms with Gasteiger partial charge in [-0.3, -0.25) is 9.59 Å². The van der Waals surface area contributed by atoms with E-state index in [9.17, 15) is 14.4 Å². The molecule has 4 amide bonds. The number of hydrogen-bond donors (Lipinski definition) is 3. The van der Waals surface area contributed by atoms with Crippen molar-refractivity contribution < 1.29 is 18.8 Å². The van der Waals surface area contributed by atoms with E-state index in [0.717, 1.165) is 5.56 Å². The molecule has 0 radical (unpaired) electrons. The number of benzene rings is 1. The summed E-state index contributed by atoms with van der Waals surface area (Å²) in [5.74, 6) is 6.80. The maximum absolute atomic E-state index is 12.7. The van der Waals surface area contributed by atoms with Crippen LogP contribution in [0.25, 0.3) is 0 Å². The monoisotopic (exact) mass is 504 g/mol. The molecule has 0 spiro atoms. The molecule has 2 aromatic heterocycles. The van der Waals surface area contributed by atoms with Gasteiger partial charge in [-0.15, -0.1) is 0 Å². The number of aryl methyl sites for hydroxylation is 1. The molecule has 11 heteroatoms. The minimum atomic E-state index is -0.489. The third-order valence-corrected chi connectivity index (χ3v) is 7.14. The molecule has 3 aromatic rings. The van der Waals surface area contributed by atoms with Crippen LogP contribution in [0.3, 0.4) is 0 Å². The van der Waals surface area contributed by atoms with Crippen molar-refractivity contribution in [3.05, 3.63) is 76.9 Å². The number of furan rings is 1. The zero-order chi connectivity index (χ0) is 25.7. The summed E-state index contributed by atoms with van der Waals surface area (Å²) in [6.45, 7) is 2.75. The summed E-state index contributed by atoms with van der Waals surface area (Å²) in [7, 11) is -0.489. The van der Waals surface area contributed by atoms with Crippen LogP contribution in [0.15, 0.2) is 57.6 Å². The highest BCUT2D eigenvalue weighted by Gasteiger charge is 2.18. The molecule has 1 aliphatic heterocycles. The van der Waals surface area contributed by atoms with E-state index in [4.69, 9.17) is 15.9 Å². The third kappa shape index (κ3) is 5.97. The second kappa shape index (κ2) is 10.9. The fourth-order valence-electron chi connectivity index (χ4n) is 3.43. The molecule has 36 heavy (non-hydrogen) atoms. The van der Waals surface area contributed by atoms with Crippen molar-refractivity contribution in [1.29, 1.82) is 0 Å². The van der Waals surface area contributed by atoms with Gasteiger partial charge in [0.25, 0.3) is 11.8 Å². The van der Waals surface area contributed by atoms with E-state index in [1.165, 1.54) is 12.5 Å². The molecular weight excluding hydrogens is 480 g/mol. The molecule has 3 heterocycles. The lowest BCUT2D eigenvalue weighted by atomic mass is 10.1. The maximum atomic E-state index is 12.7. The third-order valence-electron chi connectivity index (χ3n) is 5.41. The van der Waals surface area contributed by atoms with Crippen molar-refractivity contribution in [3.8, 4) is 11.8 Å². The molecule has 184 valence electrons. The van der Waals surface area contributed by atoms with E-state index in [1.54, 1.807) is 48.2 Å². The Kier molecular flexibility index (Phi) is 7.46. The van der Waals surface area contributed by atoms with Gasteiger partial charge in [0.1, 0.15) is 5.82 Å². The molecule has 10 nitrogen and oxygen atoms in total. The normalized spacial score (nSPS) is 13.4. The van der Waals surface area contributed by atoms with Gasteiger partial charge < -0.3 is 26.1 Å². The van der Waals surface area contributed by atoms with E-state index in [0.29, 0.717) is 41.4 Å². The fourth-order valence-corrected chi connectivity index (χ4v) is 5.02. The predicted molar refractivity (Wildman–Crippen MR) is 137 cm³/mol. The van der Waals surface area contributed by atoms with Gasteiger partial charge >= 0.3 is 6.03 Å². The highest BCUT2D eigenvalue weighted by atomic mass is 32.2. The van der Waals surface area contributed by atoms with E-state index in [1.807, 2.05) is 0 Å². The van der Waals surface area contributed by atoms with Gasteiger partial charge in [-0.1, -0.05) is 28.6 Å². The summed E-state index contributed by atoms with van der Waals surface area (Å²) in [6.07, 6.45) is 2.84. The van der Waals surface area contributed by atoms with Crippen LogP contribution < -0.4 is 16.8 Å². The van der Waals surface area contributed by atoms with Gasteiger partial charge in [0.2, 0.25) is 0 Å². The second-order valence-corrected chi connectivity index (χ2v) is 9.89. The number of anilines is 2. The maximum Gasteiger partial charge on any atom is 0.314 e. The van der Waals surface area contributed by atoms with Crippen LogP contribution in [0.5, 0.6) is 0 Å². The summed E-state index contributed by atoms with van der Waals surface area (Å²) >= 11 is 0. The van der Waals surface area contributed by atoms with Crippen LogP contribution in [0.1, 0.15) is 37.6 Å². The van der Waals surface area contributed by atoms with Crippen LogP contribution in [-0.2, 0) is 10.7 Å². The van der Waals surface area contributed by atoms with Crippen molar-refractivity contribution in [1.82, 2.24) is 9.88 Å². The first-order valence-corrected chi connectivity index (χ1v) is 12.5. The Balaban J connectivity index is 1.48. The molecule has 0 bridgehead atoms. The smallest absolute Gasteiger partial charge is 0.314 e. The number of nitrogens with one attached hydrogen (secondary N) is 1. The summed E-state index contributed by atoms with van der Waals surface area (Å²) in [5, 5.41) is 2.78. The lowest BCUT2D eigenvalue weighted by Gasteiger charge is -2.26. The standard InChI is InChI=1S/C25H24N6O4S/c1-16-7-10-35-21(16)24(33)29-20-4-2-3-17(13-20)5-6-18-14-19(15-28-22(18)26)23(32)30-36-11-8-31(9-12-36)25(27)34/h2-4,7,10,13-15H,8-9,11-12H2,1H3,(H2,26,28)(H2,27,34)(H,29,33).